The van der Waals surface area contributed by atoms with Gasteiger partial charge in [0.05, 0.1) is 5.69 Å². The summed E-state index contributed by atoms with van der Waals surface area (Å²) < 4.78 is 17.4. The van der Waals surface area contributed by atoms with Crippen LogP contribution in [-0.2, 0) is 10.2 Å². The summed E-state index contributed by atoms with van der Waals surface area (Å²) in [5.41, 5.74) is 4.93. The number of benzene rings is 3. The highest BCUT2D eigenvalue weighted by molar-refractivity contribution is 6.13. The lowest BCUT2D eigenvalue weighted by atomic mass is 9.76. The lowest BCUT2D eigenvalue weighted by Crippen LogP contribution is -2.43. The summed E-state index contributed by atoms with van der Waals surface area (Å²) in [4.78, 5) is 16.2. The molecule has 1 unspecified atom stereocenters. The molecule has 174 valence electrons. The van der Waals surface area contributed by atoms with Crippen molar-refractivity contribution in [1.29, 1.82) is 0 Å². The molecule has 3 aliphatic rings. The lowest BCUT2D eigenvalue weighted by Gasteiger charge is -2.24. The topological polar surface area (TPSA) is 60.0 Å². The minimum atomic E-state index is -0.925. The van der Waals surface area contributed by atoms with Gasteiger partial charge < -0.3 is 24.4 Å². The normalized spacial score (nSPS) is 19.4. The molecule has 3 aromatic rings. The second-order valence-electron chi connectivity index (χ2n) is 9.25. The third-order valence-corrected chi connectivity index (χ3v) is 7.03. The summed E-state index contributed by atoms with van der Waals surface area (Å²) >= 11 is 0. The second kappa shape index (κ2) is 7.97. The zero-order valence-electron chi connectivity index (χ0n) is 19.5. The Morgan fingerprint density at radius 2 is 1.79 bits per heavy atom. The Morgan fingerprint density at radius 1 is 0.971 bits per heavy atom. The summed E-state index contributed by atoms with van der Waals surface area (Å²) in [7, 11) is 0. The highest BCUT2D eigenvalue weighted by atomic mass is 16.7. The molecule has 0 saturated carbocycles. The molecule has 0 bridgehead atoms. The lowest BCUT2D eigenvalue weighted by molar-refractivity contribution is -0.122. The number of nitrogens with zero attached hydrogens (tertiary/aromatic N) is 1. The fourth-order valence-corrected chi connectivity index (χ4v) is 5.41. The highest BCUT2D eigenvalue weighted by Crippen LogP contribution is 2.57. The number of ether oxygens (including phenoxy) is 3. The van der Waals surface area contributed by atoms with E-state index in [2.05, 4.69) is 43.4 Å². The number of fused-ring (bicyclic) bond motifs is 5. The Bertz CT molecular complexity index is 1290. The highest BCUT2D eigenvalue weighted by Gasteiger charge is 2.58. The third kappa shape index (κ3) is 3.05. The molecule has 0 saturated heterocycles. The first kappa shape index (κ1) is 20.9. The van der Waals surface area contributed by atoms with Crippen molar-refractivity contribution in [1.82, 2.24) is 0 Å². The molecule has 0 aromatic heterocycles. The van der Waals surface area contributed by atoms with Gasteiger partial charge in [-0.1, -0.05) is 38.0 Å². The van der Waals surface area contributed by atoms with Gasteiger partial charge in [0.25, 0.3) is 0 Å². The van der Waals surface area contributed by atoms with Crippen LogP contribution in [0.2, 0.25) is 0 Å². The number of unbranched alkanes of at least 4 members (excludes halogenated alkanes) is 2. The van der Waals surface area contributed by atoms with Crippen LogP contribution in [0.1, 0.15) is 42.9 Å². The molecular formula is C28H28N2O4. The van der Waals surface area contributed by atoms with Crippen LogP contribution in [0.3, 0.4) is 0 Å². The largest absolute Gasteiger partial charge is 0.491 e. The van der Waals surface area contributed by atoms with Gasteiger partial charge in [-0.25, -0.2) is 0 Å². The van der Waals surface area contributed by atoms with E-state index in [0.29, 0.717) is 23.8 Å². The van der Waals surface area contributed by atoms with Gasteiger partial charge in [-0.05, 0) is 49.2 Å². The van der Waals surface area contributed by atoms with Gasteiger partial charge in [0.15, 0.2) is 11.5 Å². The molecule has 0 radical (unpaired) electrons. The van der Waals surface area contributed by atoms with E-state index in [1.54, 1.807) is 0 Å². The molecule has 1 atom stereocenters. The third-order valence-electron chi connectivity index (χ3n) is 7.03. The number of anilines is 3. The van der Waals surface area contributed by atoms with Crippen LogP contribution < -0.4 is 24.4 Å². The van der Waals surface area contributed by atoms with E-state index in [-0.39, 0.29) is 19.3 Å². The van der Waals surface area contributed by atoms with E-state index < -0.39 is 5.41 Å². The summed E-state index contributed by atoms with van der Waals surface area (Å²) in [5.74, 6) is 2.07. The van der Waals surface area contributed by atoms with Crippen LogP contribution in [0.15, 0.2) is 54.6 Å². The van der Waals surface area contributed by atoms with E-state index in [1.807, 2.05) is 35.2 Å². The van der Waals surface area contributed by atoms with Crippen LogP contribution in [0.25, 0.3) is 0 Å². The number of carbonyl (C=O) groups excluding carboxylic acids is 1. The van der Waals surface area contributed by atoms with Crippen molar-refractivity contribution in [2.24, 2.45) is 0 Å². The Morgan fingerprint density at radius 3 is 2.62 bits per heavy atom. The minimum Gasteiger partial charge on any atom is -0.491 e. The number of hydrogen-bond acceptors (Lipinski definition) is 5. The Labute approximate surface area is 199 Å². The van der Waals surface area contributed by atoms with Crippen molar-refractivity contribution in [3.05, 3.63) is 71.3 Å². The average molecular weight is 457 g/mol. The van der Waals surface area contributed by atoms with Gasteiger partial charge in [-0.15, -0.1) is 0 Å². The maximum Gasteiger partial charge on any atom is 0.245 e. The van der Waals surface area contributed by atoms with Crippen LogP contribution in [0.4, 0.5) is 17.1 Å². The Hall–Kier alpha value is -3.67. The second-order valence-corrected chi connectivity index (χ2v) is 9.25. The molecule has 3 heterocycles. The predicted octanol–water partition coefficient (Wildman–Crippen LogP) is 5.68. The van der Waals surface area contributed by atoms with Crippen molar-refractivity contribution < 1.29 is 19.0 Å². The molecule has 1 spiro atoms. The number of hydrogen-bond donors (Lipinski definition) is 1. The quantitative estimate of drug-likeness (QED) is 0.484. The van der Waals surface area contributed by atoms with Gasteiger partial charge in [-0.3, -0.25) is 4.79 Å². The molecule has 34 heavy (non-hydrogen) atoms. The molecular weight excluding hydrogens is 428 g/mol. The predicted molar refractivity (Wildman–Crippen MR) is 132 cm³/mol. The fourth-order valence-electron chi connectivity index (χ4n) is 5.41. The van der Waals surface area contributed by atoms with Gasteiger partial charge >= 0.3 is 0 Å². The monoisotopic (exact) mass is 456 g/mol. The molecule has 6 heteroatoms. The Kier molecular flexibility index (Phi) is 4.90. The number of amides is 1. The standard InChI is InChI=1S/C28H28N2O4/c1-3-4-5-12-30-22-11-7-10-21(29-19-9-6-8-18(2)13-19)26(22)28(27(30)31)16-32-23-15-25-24(14-20(23)28)33-17-34-25/h6-11,13-15,29H,3-5,12,16-17H2,1-2H3. The number of aryl methyl sites for hydroxylation is 1. The number of rotatable bonds is 6. The van der Waals surface area contributed by atoms with E-state index in [4.69, 9.17) is 14.2 Å². The van der Waals surface area contributed by atoms with Crippen molar-refractivity contribution in [3.8, 4) is 17.2 Å². The first-order chi connectivity index (χ1) is 16.6. The van der Waals surface area contributed by atoms with Crippen molar-refractivity contribution in [3.63, 3.8) is 0 Å². The first-order valence-electron chi connectivity index (χ1n) is 12.0. The summed E-state index contributed by atoms with van der Waals surface area (Å²) in [6.07, 6.45) is 3.14. The Balaban J connectivity index is 1.52. The molecule has 1 N–H and O–H groups in total. The molecule has 3 aromatic carbocycles. The van der Waals surface area contributed by atoms with Crippen LogP contribution in [0.5, 0.6) is 17.2 Å². The molecule has 1 amide bonds. The molecule has 0 aliphatic carbocycles. The van der Waals surface area contributed by atoms with Gasteiger partial charge in [0.2, 0.25) is 12.7 Å². The zero-order valence-corrected chi connectivity index (χ0v) is 19.5. The van der Waals surface area contributed by atoms with Crippen molar-refractivity contribution >= 4 is 23.0 Å². The van der Waals surface area contributed by atoms with E-state index in [1.165, 1.54) is 5.56 Å². The van der Waals surface area contributed by atoms with E-state index in [0.717, 1.165) is 47.5 Å². The first-order valence-corrected chi connectivity index (χ1v) is 12.0. The molecule has 0 fully saturated rings. The fraction of sp³-hybridized carbons (Fsp3) is 0.321. The zero-order chi connectivity index (χ0) is 23.3. The SMILES string of the molecule is CCCCCN1C(=O)C2(COc3cc4c(cc32)OCO4)c2c(Nc3cccc(C)c3)cccc21. The van der Waals surface area contributed by atoms with Crippen molar-refractivity contribution in [2.45, 2.75) is 38.5 Å². The maximum absolute atomic E-state index is 14.2. The maximum atomic E-state index is 14.2. The van der Waals surface area contributed by atoms with Gasteiger partial charge in [-0.2, -0.15) is 0 Å². The van der Waals surface area contributed by atoms with Gasteiger partial charge in [0, 0.05) is 35.1 Å². The van der Waals surface area contributed by atoms with Crippen LogP contribution >= 0.6 is 0 Å². The smallest absolute Gasteiger partial charge is 0.245 e. The summed E-state index contributed by atoms with van der Waals surface area (Å²) in [5, 5.41) is 3.60. The summed E-state index contributed by atoms with van der Waals surface area (Å²) in [6.45, 7) is 5.38. The van der Waals surface area contributed by atoms with E-state index in [9.17, 15) is 4.79 Å². The minimum absolute atomic E-state index is 0.0645. The molecule has 3 aliphatic heterocycles. The van der Waals surface area contributed by atoms with Crippen LogP contribution in [0, 0.1) is 6.92 Å². The van der Waals surface area contributed by atoms with Crippen LogP contribution in [-0.4, -0.2) is 25.9 Å². The molecule has 6 rings (SSSR count). The average Bonchev–Trinajstić information content (AvgIpc) is 3.50. The molecule has 6 nitrogen and oxygen atoms in total. The van der Waals surface area contributed by atoms with Gasteiger partial charge in [0.1, 0.15) is 17.8 Å². The summed E-state index contributed by atoms with van der Waals surface area (Å²) in [6, 6.07) is 18.2. The van der Waals surface area contributed by atoms with Crippen molar-refractivity contribution in [2.75, 3.05) is 30.2 Å². The van der Waals surface area contributed by atoms with E-state index >= 15 is 0 Å². The number of nitrogens with one attached hydrogen (secondary N) is 1. The number of carbonyl (C=O) groups is 1.